The molecule has 0 saturated heterocycles. The van der Waals surface area contributed by atoms with Crippen molar-refractivity contribution < 1.29 is 5.11 Å². The van der Waals surface area contributed by atoms with Gasteiger partial charge >= 0.3 is 0 Å². The summed E-state index contributed by atoms with van der Waals surface area (Å²) in [5.41, 5.74) is 9.77. The molecule has 0 aliphatic carbocycles. The Labute approximate surface area is 103 Å². The van der Waals surface area contributed by atoms with Crippen molar-refractivity contribution in [3.63, 3.8) is 0 Å². The Morgan fingerprint density at radius 2 is 2.00 bits per heavy atom. The number of fused-ring (bicyclic) bond motifs is 1. The molecule has 0 amide bonds. The SMILES string of the molecule is Nc1cc2[nH]nc(-c3ccncc3)c2cc1CO. The number of rotatable bonds is 2. The molecule has 0 bridgehead atoms. The molecule has 5 nitrogen and oxygen atoms in total. The first-order chi connectivity index (χ1) is 8.79. The monoisotopic (exact) mass is 240 g/mol. The zero-order valence-electron chi connectivity index (χ0n) is 9.59. The third kappa shape index (κ3) is 1.61. The highest BCUT2D eigenvalue weighted by Gasteiger charge is 2.10. The Morgan fingerprint density at radius 3 is 2.72 bits per heavy atom. The smallest absolute Gasteiger partial charge is 0.100 e. The first-order valence-electron chi connectivity index (χ1n) is 5.57. The molecule has 0 aliphatic rings. The molecule has 0 radical (unpaired) electrons. The van der Waals surface area contributed by atoms with Gasteiger partial charge in [-0.1, -0.05) is 0 Å². The van der Waals surface area contributed by atoms with Gasteiger partial charge in [-0.15, -0.1) is 0 Å². The number of hydrogen-bond acceptors (Lipinski definition) is 4. The van der Waals surface area contributed by atoms with Gasteiger partial charge in [-0.3, -0.25) is 10.1 Å². The van der Waals surface area contributed by atoms with E-state index in [0.29, 0.717) is 11.3 Å². The third-order valence-electron chi connectivity index (χ3n) is 2.95. The molecule has 4 N–H and O–H groups in total. The summed E-state index contributed by atoms with van der Waals surface area (Å²) in [4.78, 5) is 3.99. The highest BCUT2D eigenvalue weighted by atomic mass is 16.3. The number of anilines is 1. The molecule has 0 fully saturated rings. The number of hydrogen-bond donors (Lipinski definition) is 3. The van der Waals surface area contributed by atoms with Gasteiger partial charge in [0.1, 0.15) is 5.69 Å². The second-order valence-corrected chi connectivity index (χ2v) is 4.06. The molecule has 5 heteroatoms. The zero-order valence-corrected chi connectivity index (χ0v) is 9.59. The highest BCUT2D eigenvalue weighted by molar-refractivity contribution is 5.95. The van der Waals surface area contributed by atoms with Crippen molar-refractivity contribution in [3.8, 4) is 11.3 Å². The summed E-state index contributed by atoms with van der Waals surface area (Å²) < 4.78 is 0. The number of pyridine rings is 1. The predicted octanol–water partition coefficient (Wildman–Crippen LogP) is 1.70. The van der Waals surface area contributed by atoms with Gasteiger partial charge in [0.15, 0.2) is 0 Å². The molecule has 3 rings (SSSR count). The van der Waals surface area contributed by atoms with Crippen molar-refractivity contribution in [2.24, 2.45) is 0 Å². The Bertz CT molecular complexity index is 691. The van der Waals surface area contributed by atoms with Crippen LogP contribution in [-0.2, 0) is 6.61 Å². The molecule has 18 heavy (non-hydrogen) atoms. The number of nitrogen functional groups attached to an aromatic ring is 1. The van der Waals surface area contributed by atoms with E-state index in [0.717, 1.165) is 22.2 Å². The molecule has 0 atom stereocenters. The lowest BCUT2D eigenvalue weighted by Gasteiger charge is -2.03. The molecule has 0 spiro atoms. The van der Waals surface area contributed by atoms with Crippen LogP contribution in [0.5, 0.6) is 0 Å². The van der Waals surface area contributed by atoms with Gasteiger partial charge in [0, 0.05) is 34.6 Å². The van der Waals surface area contributed by atoms with Crippen LogP contribution in [0.2, 0.25) is 0 Å². The van der Waals surface area contributed by atoms with E-state index in [-0.39, 0.29) is 6.61 Å². The number of nitrogens with one attached hydrogen (secondary N) is 1. The standard InChI is InChI=1S/C13H12N4O/c14-11-6-12-10(5-9(11)7-18)13(17-16-12)8-1-3-15-4-2-8/h1-6,18H,7,14H2,(H,16,17). The number of aliphatic hydroxyl groups is 1. The first kappa shape index (κ1) is 10.7. The predicted molar refractivity (Wildman–Crippen MR) is 69.7 cm³/mol. The molecule has 0 unspecified atom stereocenters. The number of aromatic amines is 1. The van der Waals surface area contributed by atoms with E-state index in [2.05, 4.69) is 15.2 Å². The van der Waals surface area contributed by atoms with E-state index in [1.54, 1.807) is 18.5 Å². The van der Waals surface area contributed by atoms with Gasteiger partial charge in [-0.05, 0) is 24.3 Å². The second kappa shape index (κ2) is 4.12. The van der Waals surface area contributed by atoms with Crippen LogP contribution in [0, 0.1) is 0 Å². The first-order valence-corrected chi connectivity index (χ1v) is 5.57. The molecule has 1 aromatic carbocycles. The third-order valence-corrected chi connectivity index (χ3v) is 2.95. The number of H-pyrrole nitrogens is 1. The van der Waals surface area contributed by atoms with Crippen LogP contribution < -0.4 is 5.73 Å². The summed E-state index contributed by atoms with van der Waals surface area (Å²) in [6.45, 7) is -0.0806. The molecule has 3 aromatic rings. The van der Waals surface area contributed by atoms with Crippen molar-refractivity contribution in [2.75, 3.05) is 5.73 Å². The second-order valence-electron chi connectivity index (χ2n) is 4.06. The minimum atomic E-state index is -0.0806. The number of nitrogens with zero attached hydrogens (tertiary/aromatic N) is 2. The fraction of sp³-hybridized carbons (Fsp3) is 0.0769. The molecule has 2 heterocycles. The summed E-state index contributed by atoms with van der Waals surface area (Å²) in [5, 5.41) is 17.4. The van der Waals surface area contributed by atoms with E-state index in [1.807, 2.05) is 18.2 Å². The van der Waals surface area contributed by atoms with Crippen LogP contribution in [0.25, 0.3) is 22.2 Å². The molecular weight excluding hydrogens is 228 g/mol. The maximum absolute atomic E-state index is 9.26. The lowest BCUT2D eigenvalue weighted by Crippen LogP contribution is -1.93. The fourth-order valence-corrected chi connectivity index (χ4v) is 1.99. The average molecular weight is 240 g/mol. The summed E-state index contributed by atoms with van der Waals surface area (Å²) in [7, 11) is 0. The van der Waals surface area contributed by atoms with E-state index in [9.17, 15) is 5.11 Å². The van der Waals surface area contributed by atoms with Gasteiger partial charge in [0.05, 0.1) is 12.1 Å². The lowest BCUT2D eigenvalue weighted by atomic mass is 10.1. The quantitative estimate of drug-likeness (QED) is 0.595. The number of aromatic nitrogens is 3. The van der Waals surface area contributed by atoms with Crippen molar-refractivity contribution in [1.82, 2.24) is 15.2 Å². The normalized spacial score (nSPS) is 10.9. The Kier molecular flexibility index (Phi) is 2.46. The summed E-state index contributed by atoms with van der Waals surface area (Å²) in [6, 6.07) is 7.44. The molecule has 0 saturated carbocycles. The summed E-state index contributed by atoms with van der Waals surface area (Å²) in [6.07, 6.45) is 3.44. The van der Waals surface area contributed by atoms with E-state index in [4.69, 9.17) is 5.73 Å². The summed E-state index contributed by atoms with van der Waals surface area (Å²) >= 11 is 0. The van der Waals surface area contributed by atoms with Crippen molar-refractivity contribution in [2.45, 2.75) is 6.61 Å². The zero-order chi connectivity index (χ0) is 12.5. The van der Waals surface area contributed by atoms with Gasteiger partial charge in [-0.25, -0.2) is 0 Å². The van der Waals surface area contributed by atoms with Crippen LogP contribution in [-0.4, -0.2) is 20.3 Å². The lowest BCUT2D eigenvalue weighted by molar-refractivity contribution is 0.282. The van der Waals surface area contributed by atoms with Crippen molar-refractivity contribution in [1.29, 1.82) is 0 Å². The summed E-state index contributed by atoms with van der Waals surface area (Å²) in [5.74, 6) is 0. The number of aliphatic hydroxyl groups excluding tert-OH is 1. The van der Waals surface area contributed by atoms with Crippen molar-refractivity contribution >= 4 is 16.6 Å². The molecule has 0 aliphatic heterocycles. The van der Waals surface area contributed by atoms with Crippen LogP contribution in [0.15, 0.2) is 36.7 Å². The molecular formula is C13H12N4O. The van der Waals surface area contributed by atoms with Gasteiger partial charge in [0.25, 0.3) is 0 Å². The van der Waals surface area contributed by atoms with Gasteiger partial charge in [-0.2, -0.15) is 5.10 Å². The van der Waals surface area contributed by atoms with E-state index < -0.39 is 0 Å². The van der Waals surface area contributed by atoms with Crippen LogP contribution in [0.3, 0.4) is 0 Å². The van der Waals surface area contributed by atoms with Crippen molar-refractivity contribution in [3.05, 3.63) is 42.2 Å². The van der Waals surface area contributed by atoms with Crippen LogP contribution in [0.4, 0.5) is 5.69 Å². The van der Waals surface area contributed by atoms with Crippen LogP contribution in [0.1, 0.15) is 5.56 Å². The number of benzene rings is 1. The Hall–Kier alpha value is -2.40. The van der Waals surface area contributed by atoms with Crippen LogP contribution >= 0.6 is 0 Å². The minimum absolute atomic E-state index is 0.0806. The topological polar surface area (TPSA) is 87.8 Å². The number of nitrogens with two attached hydrogens (primary N) is 1. The Morgan fingerprint density at radius 1 is 1.22 bits per heavy atom. The van der Waals surface area contributed by atoms with E-state index >= 15 is 0 Å². The molecule has 90 valence electrons. The fourth-order valence-electron chi connectivity index (χ4n) is 1.99. The average Bonchev–Trinajstić information content (AvgIpc) is 2.81. The van der Waals surface area contributed by atoms with Gasteiger partial charge in [0.2, 0.25) is 0 Å². The maximum atomic E-state index is 9.26. The van der Waals surface area contributed by atoms with Gasteiger partial charge < -0.3 is 10.8 Å². The minimum Gasteiger partial charge on any atom is -0.398 e. The highest BCUT2D eigenvalue weighted by Crippen LogP contribution is 2.29. The molecule has 2 aromatic heterocycles. The Balaban J connectivity index is 2.26. The largest absolute Gasteiger partial charge is 0.398 e. The maximum Gasteiger partial charge on any atom is 0.100 e. The van der Waals surface area contributed by atoms with E-state index in [1.165, 1.54) is 0 Å².